The van der Waals surface area contributed by atoms with Gasteiger partial charge in [-0.1, -0.05) is 17.3 Å². The molecular formula is C20H17N5O3. The standard InChI is InChI=1S/C20H17N5O3/c1-26-16-6-4-13(5-7-16)18-11-25-15(12-27-18)9-17(23-25)20-22-19(24-28-20)14-3-2-8-21-10-14/h2-10,18H,11-12H2,1H3. The minimum atomic E-state index is -0.0696. The van der Waals surface area contributed by atoms with Gasteiger partial charge in [0.1, 0.15) is 11.9 Å². The van der Waals surface area contributed by atoms with E-state index < -0.39 is 0 Å². The van der Waals surface area contributed by atoms with E-state index in [0.717, 1.165) is 22.6 Å². The number of methoxy groups -OCH3 is 1. The number of hydrogen-bond acceptors (Lipinski definition) is 7. The van der Waals surface area contributed by atoms with Crippen LogP contribution in [0.5, 0.6) is 5.75 Å². The van der Waals surface area contributed by atoms with E-state index in [0.29, 0.717) is 30.6 Å². The van der Waals surface area contributed by atoms with Crippen molar-refractivity contribution < 1.29 is 14.0 Å². The summed E-state index contributed by atoms with van der Waals surface area (Å²) in [5.74, 6) is 1.69. The zero-order chi connectivity index (χ0) is 18.9. The second-order valence-corrected chi connectivity index (χ2v) is 6.44. The molecule has 3 aromatic heterocycles. The highest BCUT2D eigenvalue weighted by Crippen LogP contribution is 2.30. The molecule has 140 valence electrons. The lowest BCUT2D eigenvalue weighted by Crippen LogP contribution is -2.21. The lowest BCUT2D eigenvalue weighted by molar-refractivity contribution is -0.00115. The Morgan fingerprint density at radius 2 is 2.07 bits per heavy atom. The quantitative estimate of drug-likeness (QED) is 0.541. The van der Waals surface area contributed by atoms with Crippen molar-refractivity contribution in [3.8, 4) is 28.7 Å². The van der Waals surface area contributed by atoms with Gasteiger partial charge >= 0.3 is 0 Å². The first kappa shape index (κ1) is 16.6. The van der Waals surface area contributed by atoms with E-state index in [-0.39, 0.29) is 6.10 Å². The predicted octanol–water partition coefficient (Wildman–Crippen LogP) is 3.28. The number of aromatic nitrogens is 5. The molecule has 1 aliphatic heterocycles. The molecule has 5 rings (SSSR count). The molecular weight excluding hydrogens is 358 g/mol. The van der Waals surface area contributed by atoms with Crippen LogP contribution in [0.25, 0.3) is 23.0 Å². The molecule has 0 radical (unpaired) electrons. The number of benzene rings is 1. The highest BCUT2D eigenvalue weighted by atomic mass is 16.5. The molecule has 0 bridgehead atoms. The summed E-state index contributed by atoms with van der Waals surface area (Å²) in [6.07, 6.45) is 3.33. The maximum atomic E-state index is 6.01. The van der Waals surface area contributed by atoms with Gasteiger partial charge in [-0.15, -0.1) is 0 Å². The largest absolute Gasteiger partial charge is 0.497 e. The highest BCUT2D eigenvalue weighted by Gasteiger charge is 2.24. The van der Waals surface area contributed by atoms with E-state index in [2.05, 4.69) is 20.2 Å². The number of ether oxygens (including phenoxy) is 2. The zero-order valence-corrected chi connectivity index (χ0v) is 15.1. The molecule has 1 aromatic carbocycles. The predicted molar refractivity (Wildman–Crippen MR) is 99.3 cm³/mol. The number of fused-ring (bicyclic) bond motifs is 1. The van der Waals surface area contributed by atoms with Crippen molar-refractivity contribution in [3.63, 3.8) is 0 Å². The van der Waals surface area contributed by atoms with E-state index in [9.17, 15) is 0 Å². The van der Waals surface area contributed by atoms with Gasteiger partial charge in [-0.25, -0.2) is 0 Å². The van der Waals surface area contributed by atoms with Crippen LogP contribution in [0.4, 0.5) is 0 Å². The summed E-state index contributed by atoms with van der Waals surface area (Å²) >= 11 is 0. The van der Waals surface area contributed by atoms with Crippen molar-refractivity contribution in [1.82, 2.24) is 24.9 Å². The topological polar surface area (TPSA) is 88.1 Å². The van der Waals surface area contributed by atoms with E-state index in [1.165, 1.54) is 0 Å². The van der Waals surface area contributed by atoms with Crippen molar-refractivity contribution in [3.05, 3.63) is 66.1 Å². The summed E-state index contributed by atoms with van der Waals surface area (Å²) in [7, 11) is 1.65. The fraction of sp³-hybridized carbons (Fsp3) is 0.200. The maximum absolute atomic E-state index is 6.01. The van der Waals surface area contributed by atoms with Gasteiger partial charge in [0, 0.05) is 18.0 Å². The molecule has 0 N–H and O–H groups in total. The lowest BCUT2D eigenvalue weighted by atomic mass is 10.1. The summed E-state index contributed by atoms with van der Waals surface area (Å²) in [4.78, 5) is 8.52. The van der Waals surface area contributed by atoms with Crippen LogP contribution in [-0.2, 0) is 17.9 Å². The average molecular weight is 375 g/mol. The SMILES string of the molecule is COc1ccc(C2Cn3nc(-c4nc(-c5cccnc5)no4)cc3CO2)cc1. The lowest BCUT2D eigenvalue weighted by Gasteiger charge is -2.24. The Morgan fingerprint density at radius 3 is 2.86 bits per heavy atom. The Labute approximate surface area is 160 Å². The molecule has 4 aromatic rings. The minimum Gasteiger partial charge on any atom is -0.497 e. The van der Waals surface area contributed by atoms with Gasteiger partial charge in [0.15, 0.2) is 5.69 Å². The van der Waals surface area contributed by atoms with Gasteiger partial charge in [0.05, 0.1) is 26.0 Å². The first-order valence-electron chi connectivity index (χ1n) is 8.87. The van der Waals surface area contributed by atoms with Crippen molar-refractivity contribution in [2.45, 2.75) is 19.3 Å². The smallest absolute Gasteiger partial charge is 0.278 e. The molecule has 0 saturated carbocycles. The number of pyridine rings is 1. The Morgan fingerprint density at radius 1 is 1.18 bits per heavy atom. The second kappa shape index (κ2) is 6.90. The molecule has 28 heavy (non-hydrogen) atoms. The number of nitrogens with zero attached hydrogens (tertiary/aromatic N) is 5. The van der Waals surface area contributed by atoms with Gasteiger partial charge in [-0.2, -0.15) is 10.1 Å². The minimum absolute atomic E-state index is 0.0696. The van der Waals surface area contributed by atoms with E-state index in [1.54, 1.807) is 19.5 Å². The Bertz CT molecular complexity index is 1090. The summed E-state index contributed by atoms with van der Waals surface area (Å²) in [6, 6.07) is 13.5. The molecule has 0 amide bonds. The van der Waals surface area contributed by atoms with Crippen molar-refractivity contribution in [1.29, 1.82) is 0 Å². The molecule has 1 unspecified atom stereocenters. The van der Waals surface area contributed by atoms with Gasteiger partial charge in [-0.05, 0) is 35.9 Å². The van der Waals surface area contributed by atoms with Crippen LogP contribution in [0.3, 0.4) is 0 Å². The molecule has 1 aliphatic rings. The molecule has 4 heterocycles. The van der Waals surface area contributed by atoms with Crippen molar-refractivity contribution >= 4 is 0 Å². The second-order valence-electron chi connectivity index (χ2n) is 6.44. The van der Waals surface area contributed by atoms with Crippen LogP contribution in [-0.4, -0.2) is 32.0 Å². The number of rotatable bonds is 4. The first-order valence-corrected chi connectivity index (χ1v) is 8.87. The third-order valence-corrected chi connectivity index (χ3v) is 4.69. The van der Waals surface area contributed by atoms with Gasteiger partial charge in [0.2, 0.25) is 5.82 Å². The maximum Gasteiger partial charge on any atom is 0.278 e. The summed E-state index contributed by atoms with van der Waals surface area (Å²) in [5, 5.41) is 8.67. The molecule has 8 nitrogen and oxygen atoms in total. The summed E-state index contributed by atoms with van der Waals surface area (Å²) in [5.41, 5.74) is 3.49. The molecule has 0 aliphatic carbocycles. The summed E-state index contributed by atoms with van der Waals surface area (Å²) < 4.78 is 18.6. The molecule has 0 saturated heterocycles. The van der Waals surface area contributed by atoms with Gasteiger partial charge in [-0.3, -0.25) is 9.67 Å². The number of hydrogen-bond donors (Lipinski definition) is 0. The highest BCUT2D eigenvalue weighted by molar-refractivity contribution is 5.56. The fourth-order valence-corrected chi connectivity index (χ4v) is 3.19. The molecule has 1 atom stereocenters. The normalized spacial score (nSPS) is 16.0. The van der Waals surface area contributed by atoms with Gasteiger partial charge < -0.3 is 14.0 Å². The fourth-order valence-electron chi connectivity index (χ4n) is 3.19. The Balaban J connectivity index is 1.38. The van der Waals surface area contributed by atoms with Crippen LogP contribution in [0.15, 0.2) is 59.4 Å². The first-order chi connectivity index (χ1) is 13.8. The van der Waals surface area contributed by atoms with Crippen LogP contribution in [0.1, 0.15) is 17.4 Å². The average Bonchev–Trinajstić information content (AvgIpc) is 3.41. The van der Waals surface area contributed by atoms with Crippen LogP contribution in [0.2, 0.25) is 0 Å². The van der Waals surface area contributed by atoms with Crippen molar-refractivity contribution in [2.24, 2.45) is 0 Å². The zero-order valence-electron chi connectivity index (χ0n) is 15.1. The van der Waals surface area contributed by atoms with E-state index in [1.807, 2.05) is 47.1 Å². The van der Waals surface area contributed by atoms with Crippen molar-refractivity contribution in [2.75, 3.05) is 7.11 Å². The van der Waals surface area contributed by atoms with E-state index >= 15 is 0 Å². The third kappa shape index (κ3) is 3.03. The van der Waals surface area contributed by atoms with Crippen LogP contribution >= 0.6 is 0 Å². The van der Waals surface area contributed by atoms with Crippen LogP contribution < -0.4 is 4.74 Å². The monoisotopic (exact) mass is 375 g/mol. The van der Waals surface area contributed by atoms with Crippen LogP contribution in [0, 0.1) is 0 Å². The molecule has 0 fully saturated rings. The molecule has 8 heteroatoms. The Hall–Kier alpha value is -3.52. The van der Waals surface area contributed by atoms with Gasteiger partial charge in [0.25, 0.3) is 5.89 Å². The van der Waals surface area contributed by atoms with E-state index in [4.69, 9.17) is 14.0 Å². The molecule has 0 spiro atoms. The third-order valence-electron chi connectivity index (χ3n) is 4.69. The summed E-state index contributed by atoms with van der Waals surface area (Å²) in [6.45, 7) is 1.08. The Kier molecular flexibility index (Phi) is 4.10.